The van der Waals surface area contributed by atoms with Crippen LogP contribution in [0, 0.1) is 0 Å². The number of anilines is 1. The predicted octanol–water partition coefficient (Wildman–Crippen LogP) is 0.738. The molecule has 7 heteroatoms. The molecule has 0 unspecified atom stereocenters. The van der Waals surface area contributed by atoms with Gasteiger partial charge in [-0.2, -0.15) is 9.61 Å². The lowest BCUT2D eigenvalue weighted by Crippen LogP contribution is -2.14. The summed E-state index contributed by atoms with van der Waals surface area (Å²) >= 11 is 3.22. The summed E-state index contributed by atoms with van der Waals surface area (Å²) in [5.74, 6) is 0.589. The number of H-pyrrole nitrogens is 1. The molecule has 0 radical (unpaired) electrons. The Morgan fingerprint density at radius 2 is 2.47 bits per heavy atom. The minimum Gasteiger partial charge on any atom is -0.364 e. The second kappa shape index (κ2) is 3.85. The first-order chi connectivity index (χ1) is 7.16. The van der Waals surface area contributed by atoms with Gasteiger partial charge >= 0.3 is 5.69 Å². The Morgan fingerprint density at radius 1 is 1.67 bits per heavy atom. The fourth-order valence-corrected chi connectivity index (χ4v) is 1.22. The van der Waals surface area contributed by atoms with Crippen LogP contribution >= 0.6 is 15.9 Å². The van der Waals surface area contributed by atoms with E-state index in [0.29, 0.717) is 18.0 Å². The first-order valence-corrected chi connectivity index (χ1v) is 4.98. The molecule has 0 aliphatic carbocycles. The summed E-state index contributed by atoms with van der Waals surface area (Å²) in [5, 5.41) is 13.1. The zero-order valence-electron chi connectivity index (χ0n) is 7.70. The average Bonchev–Trinajstić information content (AvgIpc) is 2.57. The van der Waals surface area contributed by atoms with E-state index in [0.717, 1.165) is 4.48 Å². The van der Waals surface area contributed by atoms with Crippen LogP contribution in [0.5, 0.6) is 0 Å². The molecule has 15 heavy (non-hydrogen) atoms. The number of nitrogens with zero attached hydrogens (tertiary/aromatic N) is 3. The number of fused-ring (bicyclic) bond motifs is 1. The maximum atomic E-state index is 11.2. The maximum absolute atomic E-state index is 11.2. The summed E-state index contributed by atoms with van der Waals surface area (Å²) in [5.41, 5.74) is 0.134. The molecule has 0 amide bonds. The monoisotopic (exact) mass is 269 g/mol. The highest BCUT2D eigenvalue weighted by Gasteiger charge is 2.01. The summed E-state index contributed by atoms with van der Waals surface area (Å²) in [6.45, 7) is 4.23. The quantitative estimate of drug-likeness (QED) is 0.862. The van der Waals surface area contributed by atoms with Gasteiger partial charge in [0.15, 0.2) is 5.65 Å². The Bertz CT molecular complexity index is 557. The van der Waals surface area contributed by atoms with E-state index < -0.39 is 0 Å². The zero-order valence-corrected chi connectivity index (χ0v) is 9.28. The Morgan fingerprint density at radius 3 is 3.20 bits per heavy atom. The lowest BCUT2D eigenvalue weighted by atomic mass is 10.5. The number of aromatic amines is 1. The van der Waals surface area contributed by atoms with Gasteiger partial charge in [0.05, 0.1) is 0 Å². The summed E-state index contributed by atoms with van der Waals surface area (Å²) in [7, 11) is 0. The Balaban J connectivity index is 2.33. The summed E-state index contributed by atoms with van der Waals surface area (Å²) in [6, 6.07) is 3.44. The summed E-state index contributed by atoms with van der Waals surface area (Å²) in [6.07, 6.45) is 0. The third-order valence-electron chi connectivity index (χ3n) is 1.73. The second-order valence-electron chi connectivity index (χ2n) is 2.89. The summed E-state index contributed by atoms with van der Waals surface area (Å²) in [4.78, 5) is 11.2. The van der Waals surface area contributed by atoms with Gasteiger partial charge in [0, 0.05) is 11.0 Å². The van der Waals surface area contributed by atoms with E-state index in [-0.39, 0.29) is 5.69 Å². The predicted molar refractivity (Wildman–Crippen MR) is 60.2 cm³/mol. The molecule has 2 aromatic rings. The maximum Gasteiger partial charge on any atom is 0.364 e. The van der Waals surface area contributed by atoms with E-state index in [1.807, 2.05) is 0 Å². The number of aromatic nitrogens is 4. The zero-order chi connectivity index (χ0) is 10.8. The van der Waals surface area contributed by atoms with E-state index in [1.165, 1.54) is 4.52 Å². The van der Waals surface area contributed by atoms with Gasteiger partial charge in [0.25, 0.3) is 0 Å². The van der Waals surface area contributed by atoms with Crippen LogP contribution in [0.25, 0.3) is 5.65 Å². The molecule has 78 valence electrons. The molecule has 0 saturated carbocycles. The van der Waals surface area contributed by atoms with Gasteiger partial charge in [-0.25, -0.2) is 9.89 Å². The first kappa shape index (κ1) is 9.91. The molecule has 0 aliphatic heterocycles. The van der Waals surface area contributed by atoms with Crippen molar-refractivity contribution < 1.29 is 0 Å². The van der Waals surface area contributed by atoms with Gasteiger partial charge in [-0.05, 0) is 12.1 Å². The van der Waals surface area contributed by atoms with Gasteiger partial charge in [-0.1, -0.05) is 22.5 Å². The molecule has 0 spiro atoms. The molecule has 0 atom stereocenters. The van der Waals surface area contributed by atoms with E-state index >= 15 is 0 Å². The highest BCUT2D eigenvalue weighted by atomic mass is 79.9. The van der Waals surface area contributed by atoms with Gasteiger partial charge in [0.1, 0.15) is 5.82 Å². The molecule has 2 rings (SSSR count). The minimum atomic E-state index is -0.355. The normalized spacial score (nSPS) is 10.5. The smallest absolute Gasteiger partial charge is 0.364 e. The van der Waals surface area contributed by atoms with Crippen molar-refractivity contribution >= 4 is 27.4 Å². The largest absolute Gasteiger partial charge is 0.364 e. The van der Waals surface area contributed by atoms with Crippen molar-refractivity contribution in [3.05, 3.63) is 33.7 Å². The minimum absolute atomic E-state index is 0.355. The molecule has 2 heterocycles. The van der Waals surface area contributed by atoms with Crippen molar-refractivity contribution in [1.82, 2.24) is 19.8 Å². The molecule has 6 nitrogen and oxygen atoms in total. The van der Waals surface area contributed by atoms with Crippen LogP contribution in [-0.4, -0.2) is 26.4 Å². The van der Waals surface area contributed by atoms with Crippen LogP contribution in [0.3, 0.4) is 0 Å². The van der Waals surface area contributed by atoms with Gasteiger partial charge in [-0.15, -0.1) is 5.10 Å². The molecule has 2 aromatic heterocycles. The van der Waals surface area contributed by atoms with Crippen LogP contribution in [0.15, 0.2) is 28.0 Å². The number of hydrogen-bond acceptors (Lipinski definition) is 4. The van der Waals surface area contributed by atoms with E-state index in [2.05, 4.69) is 43.1 Å². The van der Waals surface area contributed by atoms with Crippen molar-refractivity contribution in [3.8, 4) is 0 Å². The molecule has 0 fully saturated rings. The van der Waals surface area contributed by atoms with E-state index in [1.54, 1.807) is 12.1 Å². The first-order valence-electron chi connectivity index (χ1n) is 4.18. The van der Waals surface area contributed by atoms with Gasteiger partial charge in [0.2, 0.25) is 0 Å². The fraction of sp³-hybridized carbons (Fsp3) is 0.125. The lowest BCUT2D eigenvalue weighted by molar-refractivity contribution is 0.880. The lowest BCUT2D eigenvalue weighted by Gasteiger charge is -2.02. The molecule has 0 bridgehead atoms. The van der Waals surface area contributed by atoms with Crippen LogP contribution in [0.1, 0.15) is 0 Å². The highest BCUT2D eigenvalue weighted by molar-refractivity contribution is 9.11. The standard InChI is InChI=1S/C8H8BrN5O/c1-5(9)4-10-6-2-3-7-11-12-8(15)14(7)13-6/h2-3H,1,4H2,(H,10,13)(H,12,15). The molecule has 0 saturated heterocycles. The Kier molecular flexibility index (Phi) is 2.55. The van der Waals surface area contributed by atoms with Crippen LogP contribution in [0.4, 0.5) is 5.82 Å². The molecule has 0 aliphatic rings. The number of rotatable bonds is 3. The molecule has 0 aromatic carbocycles. The van der Waals surface area contributed by atoms with Gasteiger partial charge in [-0.3, -0.25) is 0 Å². The third-order valence-corrected chi connectivity index (χ3v) is 2.02. The number of halogens is 1. The van der Waals surface area contributed by atoms with E-state index in [4.69, 9.17) is 0 Å². The SMILES string of the molecule is C=C(Br)CNc1ccc2n[nH]c(=O)n2n1. The van der Waals surface area contributed by atoms with Crippen LogP contribution < -0.4 is 11.0 Å². The molecule has 2 N–H and O–H groups in total. The molecular weight excluding hydrogens is 262 g/mol. The van der Waals surface area contributed by atoms with Crippen LogP contribution in [0.2, 0.25) is 0 Å². The van der Waals surface area contributed by atoms with Crippen molar-refractivity contribution in [2.24, 2.45) is 0 Å². The molecular formula is C8H8BrN5O. The third kappa shape index (κ3) is 2.07. The van der Waals surface area contributed by atoms with Gasteiger partial charge < -0.3 is 5.32 Å². The van der Waals surface area contributed by atoms with Crippen LogP contribution in [-0.2, 0) is 0 Å². The average molecular weight is 270 g/mol. The Hall–Kier alpha value is -1.63. The highest BCUT2D eigenvalue weighted by Crippen LogP contribution is 2.05. The number of nitrogens with one attached hydrogen (secondary N) is 2. The van der Waals surface area contributed by atoms with Crippen molar-refractivity contribution in [2.75, 3.05) is 11.9 Å². The van der Waals surface area contributed by atoms with Crippen molar-refractivity contribution in [3.63, 3.8) is 0 Å². The Labute approximate surface area is 93.1 Å². The van der Waals surface area contributed by atoms with E-state index in [9.17, 15) is 4.79 Å². The van der Waals surface area contributed by atoms with Crippen molar-refractivity contribution in [1.29, 1.82) is 0 Å². The number of hydrogen-bond donors (Lipinski definition) is 2. The fourth-order valence-electron chi connectivity index (χ4n) is 1.08. The summed E-state index contributed by atoms with van der Waals surface area (Å²) < 4.78 is 2.00. The topological polar surface area (TPSA) is 75.1 Å². The second-order valence-corrected chi connectivity index (χ2v) is 4.01. The van der Waals surface area contributed by atoms with Crippen molar-refractivity contribution in [2.45, 2.75) is 0 Å².